The molecule has 0 spiro atoms. The van der Waals surface area contributed by atoms with E-state index in [4.69, 9.17) is 12.2 Å². The highest BCUT2D eigenvalue weighted by atomic mass is 32.2. The van der Waals surface area contributed by atoms with Crippen LogP contribution < -0.4 is 0 Å². The van der Waals surface area contributed by atoms with Crippen LogP contribution in [-0.4, -0.2) is 9.12 Å². The molecule has 0 fully saturated rings. The lowest BCUT2D eigenvalue weighted by Gasteiger charge is -2.04. The van der Waals surface area contributed by atoms with Gasteiger partial charge in [0.05, 0.1) is 9.12 Å². The fourth-order valence-corrected chi connectivity index (χ4v) is 2.64. The highest BCUT2D eigenvalue weighted by Crippen LogP contribution is 2.22. The van der Waals surface area contributed by atoms with Gasteiger partial charge >= 0.3 is 0 Å². The fourth-order valence-electron chi connectivity index (χ4n) is 1.55. The topological polar surface area (TPSA) is 43.1 Å². The third-order valence-electron chi connectivity index (χ3n) is 2.51. The highest BCUT2D eigenvalue weighted by molar-refractivity contribution is 8.23. The lowest BCUT2D eigenvalue weighted by atomic mass is 10.2. The second kappa shape index (κ2) is 6.45. The van der Waals surface area contributed by atoms with Crippen LogP contribution in [0.3, 0.4) is 0 Å². The second-order valence-electron chi connectivity index (χ2n) is 3.87. The van der Waals surface area contributed by atoms with Crippen LogP contribution in [0.1, 0.15) is 11.1 Å². The third kappa shape index (κ3) is 3.87. The second-order valence-corrected chi connectivity index (χ2v) is 5.52. The molecule has 96 valence electrons. The first-order valence-electron chi connectivity index (χ1n) is 5.62. The van der Waals surface area contributed by atoms with Crippen molar-refractivity contribution in [1.29, 1.82) is 0 Å². The Morgan fingerprint density at radius 2 is 1.89 bits per heavy atom. The molecule has 19 heavy (non-hydrogen) atoms. The SMILES string of the molecule is O=[N+]([O-])c1cccc(C(=S)SCc2ccccc2)c1. The van der Waals surface area contributed by atoms with Crippen LogP contribution in [0.15, 0.2) is 54.6 Å². The minimum atomic E-state index is -0.409. The minimum Gasteiger partial charge on any atom is -0.258 e. The zero-order valence-electron chi connectivity index (χ0n) is 9.98. The van der Waals surface area contributed by atoms with Gasteiger partial charge < -0.3 is 0 Å². The zero-order valence-corrected chi connectivity index (χ0v) is 11.6. The van der Waals surface area contributed by atoms with E-state index in [9.17, 15) is 10.1 Å². The van der Waals surface area contributed by atoms with Gasteiger partial charge in [0.2, 0.25) is 0 Å². The molecular weight excluding hydrogens is 278 g/mol. The van der Waals surface area contributed by atoms with Crippen molar-refractivity contribution < 1.29 is 4.92 Å². The van der Waals surface area contributed by atoms with E-state index < -0.39 is 4.92 Å². The first-order valence-corrected chi connectivity index (χ1v) is 7.02. The molecule has 0 aliphatic carbocycles. The summed E-state index contributed by atoms with van der Waals surface area (Å²) < 4.78 is 0.674. The van der Waals surface area contributed by atoms with Crippen molar-refractivity contribution in [2.45, 2.75) is 5.75 Å². The van der Waals surface area contributed by atoms with Crippen molar-refractivity contribution >= 4 is 33.9 Å². The van der Waals surface area contributed by atoms with Gasteiger partial charge in [-0.15, -0.1) is 11.8 Å². The summed E-state index contributed by atoms with van der Waals surface area (Å²) in [5, 5.41) is 10.7. The molecule has 0 aliphatic heterocycles. The van der Waals surface area contributed by atoms with Gasteiger partial charge in [-0.1, -0.05) is 54.7 Å². The van der Waals surface area contributed by atoms with Crippen LogP contribution in [0, 0.1) is 10.1 Å². The van der Waals surface area contributed by atoms with Crippen LogP contribution in [0.4, 0.5) is 5.69 Å². The zero-order chi connectivity index (χ0) is 13.7. The lowest BCUT2D eigenvalue weighted by molar-refractivity contribution is -0.384. The summed E-state index contributed by atoms with van der Waals surface area (Å²) in [5.74, 6) is 0.766. The average Bonchev–Trinajstić information content (AvgIpc) is 2.46. The van der Waals surface area contributed by atoms with Crippen LogP contribution >= 0.6 is 24.0 Å². The molecule has 0 bridgehead atoms. The van der Waals surface area contributed by atoms with E-state index in [1.165, 1.54) is 29.5 Å². The maximum Gasteiger partial charge on any atom is 0.270 e. The van der Waals surface area contributed by atoms with Gasteiger partial charge in [0.15, 0.2) is 0 Å². The van der Waals surface area contributed by atoms with Gasteiger partial charge in [0.25, 0.3) is 5.69 Å². The molecule has 3 nitrogen and oxygen atoms in total. The fraction of sp³-hybridized carbons (Fsp3) is 0.0714. The number of thiocarbonyl (C=S) groups is 1. The molecule has 0 unspecified atom stereocenters. The summed E-state index contributed by atoms with van der Waals surface area (Å²) in [6.07, 6.45) is 0. The molecular formula is C14H11NO2S2. The molecule has 0 heterocycles. The number of nitrogens with zero attached hydrogens (tertiary/aromatic N) is 1. The molecule has 2 rings (SSSR count). The molecule has 0 saturated carbocycles. The lowest BCUT2D eigenvalue weighted by Crippen LogP contribution is -1.95. The van der Waals surface area contributed by atoms with Crippen molar-refractivity contribution in [2.24, 2.45) is 0 Å². The number of non-ortho nitro benzene ring substituents is 1. The Labute approximate surface area is 120 Å². The summed E-state index contributed by atoms with van der Waals surface area (Å²) in [7, 11) is 0. The first-order chi connectivity index (χ1) is 9.16. The van der Waals surface area contributed by atoms with E-state index in [0.29, 0.717) is 4.20 Å². The number of hydrogen-bond donors (Lipinski definition) is 0. The van der Waals surface area contributed by atoms with Gasteiger partial charge in [0, 0.05) is 23.4 Å². The molecule has 0 radical (unpaired) electrons. The van der Waals surface area contributed by atoms with Crippen molar-refractivity contribution in [3.05, 3.63) is 75.8 Å². The van der Waals surface area contributed by atoms with Crippen molar-refractivity contribution in [3.63, 3.8) is 0 Å². The van der Waals surface area contributed by atoms with Crippen molar-refractivity contribution in [3.8, 4) is 0 Å². The molecule has 0 N–H and O–H groups in total. The normalized spacial score (nSPS) is 10.1. The van der Waals surface area contributed by atoms with Gasteiger partial charge in [-0.25, -0.2) is 0 Å². The monoisotopic (exact) mass is 289 g/mol. The Kier molecular flexibility index (Phi) is 4.65. The molecule has 5 heteroatoms. The Morgan fingerprint density at radius 1 is 1.16 bits per heavy atom. The molecule has 0 atom stereocenters. The van der Waals surface area contributed by atoms with Crippen LogP contribution in [-0.2, 0) is 5.75 Å². The molecule has 0 amide bonds. The Morgan fingerprint density at radius 3 is 2.58 bits per heavy atom. The summed E-state index contributed by atoms with van der Waals surface area (Å²) in [5.41, 5.74) is 1.98. The van der Waals surface area contributed by atoms with E-state index in [0.717, 1.165) is 11.3 Å². The third-order valence-corrected chi connectivity index (χ3v) is 4.07. The van der Waals surface area contributed by atoms with Gasteiger partial charge in [-0.2, -0.15) is 0 Å². The van der Waals surface area contributed by atoms with Crippen molar-refractivity contribution in [1.82, 2.24) is 0 Å². The largest absolute Gasteiger partial charge is 0.270 e. The van der Waals surface area contributed by atoms with E-state index in [2.05, 4.69) is 0 Å². The molecule has 0 saturated heterocycles. The summed E-state index contributed by atoms with van der Waals surface area (Å²) >= 11 is 6.82. The predicted octanol–water partition coefficient (Wildman–Crippen LogP) is 4.20. The predicted molar refractivity (Wildman–Crippen MR) is 82.5 cm³/mol. The molecule has 2 aromatic rings. The smallest absolute Gasteiger partial charge is 0.258 e. The summed E-state index contributed by atoms with van der Waals surface area (Å²) in [4.78, 5) is 10.3. The van der Waals surface area contributed by atoms with E-state index in [1.54, 1.807) is 12.1 Å². The summed E-state index contributed by atoms with van der Waals surface area (Å²) in [6, 6.07) is 16.4. The summed E-state index contributed by atoms with van der Waals surface area (Å²) in [6.45, 7) is 0. The minimum absolute atomic E-state index is 0.0696. The molecule has 2 aromatic carbocycles. The average molecular weight is 289 g/mol. The van der Waals surface area contributed by atoms with Gasteiger partial charge in [0.1, 0.15) is 0 Å². The maximum absolute atomic E-state index is 10.7. The highest BCUT2D eigenvalue weighted by Gasteiger charge is 2.09. The van der Waals surface area contributed by atoms with E-state index in [-0.39, 0.29) is 5.69 Å². The van der Waals surface area contributed by atoms with Gasteiger partial charge in [-0.3, -0.25) is 10.1 Å². The maximum atomic E-state index is 10.7. The number of nitro benzene ring substituents is 1. The number of rotatable bonds is 4. The number of nitro groups is 1. The molecule has 0 aromatic heterocycles. The van der Waals surface area contributed by atoms with Crippen LogP contribution in [0.25, 0.3) is 0 Å². The Balaban J connectivity index is 2.04. The van der Waals surface area contributed by atoms with E-state index >= 15 is 0 Å². The Hall–Kier alpha value is -1.72. The standard InChI is InChI=1S/C14H11NO2S2/c16-15(17)13-8-4-7-12(9-13)14(18)19-10-11-5-2-1-3-6-11/h1-9H,10H2. The number of hydrogen-bond acceptors (Lipinski definition) is 4. The molecule has 0 aliphatic rings. The van der Waals surface area contributed by atoms with Crippen molar-refractivity contribution in [2.75, 3.05) is 0 Å². The quantitative estimate of drug-likeness (QED) is 0.480. The number of benzene rings is 2. The van der Waals surface area contributed by atoms with Crippen LogP contribution in [0.5, 0.6) is 0 Å². The van der Waals surface area contributed by atoms with Gasteiger partial charge in [-0.05, 0) is 5.56 Å². The Bertz CT molecular complexity index is 599. The number of thioether (sulfide) groups is 1. The first kappa shape index (κ1) is 13.7. The van der Waals surface area contributed by atoms with Crippen LogP contribution in [0.2, 0.25) is 0 Å². The van der Waals surface area contributed by atoms with E-state index in [1.807, 2.05) is 30.3 Å².